The lowest BCUT2D eigenvalue weighted by Gasteiger charge is -2.21. The van der Waals surface area contributed by atoms with Crippen LogP contribution < -0.4 is 16.6 Å². The highest BCUT2D eigenvalue weighted by Crippen LogP contribution is 2.33. The van der Waals surface area contributed by atoms with Gasteiger partial charge in [-0.3, -0.25) is 13.8 Å². The van der Waals surface area contributed by atoms with Crippen LogP contribution in [-0.4, -0.2) is 49.1 Å². The minimum Gasteiger partial charge on any atom is -0.377 e. The molecule has 1 atom stereocenters. The highest BCUT2D eigenvalue weighted by atomic mass is 35.5. The fourth-order valence-corrected chi connectivity index (χ4v) is 5.07. The van der Waals surface area contributed by atoms with E-state index in [0.29, 0.717) is 44.0 Å². The first-order valence-corrected chi connectivity index (χ1v) is 12.5. The number of tetrazole rings is 1. The second-order valence-corrected chi connectivity index (χ2v) is 9.81. The van der Waals surface area contributed by atoms with Crippen LogP contribution in [0.1, 0.15) is 33.9 Å². The van der Waals surface area contributed by atoms with E-state index in [0.717, 1.165) is 11.1 Å². The van der Waals surface area contributed by atoms with E-state index in [1.54, 1.807) is 36.3 Å². The van der Waals surface area contributed by atoms with Gasteiger partial charge in [0.15, 0.2) is 0 Å². The highest BCUT2D eigenvalue weighted by molar-refractivity contribution is 6.29. The van der Waals surface area contributed by atoms with Gasteiger partial charge in [0.2, 0.25) is 11.8 Å². The Morgan fingerprint density at radius 1 is 1.15 bits per heavy atom. The number of fused-ring (bicyclic) bond motifs is 3. The zero-order chi connectivity index (χ0) is 30.8. The minimum atomic E-state index is -2.61. The van der Waals surface area contributed by atoms with Crippen molar-refractivity contribution in [3.8, 4) is 22.8 Å². The first-order chi connectivity index (χ1) is 20.3. The summed E-state index contributed by atoms with van der Waals surface area (Å²) in [5.74, 6) is 0.132. The summed E-state index contributed by atoms with van der Waals surface area (Å²) in [6.07, 6.45) is 3.26. The van der Waals surface area contributed by atoms with Crippen LogP contribution in [0.4, 0.5) is 11.6 Å². The number of nitrogens with one attached hydrogen (secondary N) is 1. The maximum absolute atomic E-state index is 13.8. The molecule has 5 aromatic heterocycles. The maximum Gasteiger partial charge on any atom is 0.261 e. The van der Waals surface area contributed by atoms with Crippen LogP contribution in [0.15, 0.2) is 41.6 Å². The standard InChI is InChI=1S/C26H25ClN12O/c1-12-8-15(13(2)31-18-6-7-19(27)33-21(18)23-34-36-38(5)35-23)22-16(9-12)25(40)37(4)24-20(30-11-39(22)24)17-10-29-26(28)32-14(17)3/h6-11,13,31H,1-5H3,(H2,28,29,32)/i5D3. The average molecular weight is 560 g/mol. The molecule has 1 aromatic carbocycles. The molecule has 0 fully saturated rings. The number of hydrogen-bond acceptors (Lipinski definition) is 10. The molecule has 1 unspecified atom stereocenters. The predicted octanol–water partition coefficient (Wildman–Crippen LogP) is 3.25. The van der Waals surface area contributed by atoms with Crippen molar-refractivity contribution in [2.24, 2.45) is 14.0 Å². The molecule has 0 aliphatic heterocycles. The Kier molecular flexibility index (Phi) is 5.15. The lowest BCUT2D eigenvalue weighted by Crippen LogP contribution is -2.21. The van der Waals surface area contributed by atoms with E-state index >= 15 is 0 Å². The third-order valence-electron chi connectivity index (χ3n) is 6.70. The lowest BCUT2D eigenvalue weighted by atomic mass is 10.0. The van der Waals surface area contributed by atoms with E-state index in [9.17, 15) is 4.79 Å². The molecule has 3 N–H and O–H groups in total. The molecule has 5 heterocycles. The van der Waals surface area contributed by atoms with Crippen LogP contribution in [0.2, 0.25) is 5.15 Å². The molecule has 40 heavy (non-hydrogen) atoms. The van der Waals surface area contributed by atoms with E-state index in [1.807, 2.05) is 37.3 Å². The van der Waals surface area contributed by atoms with E-state index < -0.39 is 13.0 Å². The second kappa shape index (κ2) is 9.38. The van der Waals surface area contributed by atoms with Gasteiger partial charge in [0.1, 0.15) is 28.5 Å². The number of nitrogens with two attached hydrogens (primary N) is 1. The number of imidazole rings is 1. The number of rotatable bonds is 5. The van der Waals surface area contributed by atoms with Crippen LogP contribution in [0, 0.1) is 13.8 Å². The zero-order valence-corrected chi connectivity index (χ0v) is 22.6. The molecule has 13 nitrogen and oxygen atoms in total. The van der Waals surface area contributed by atoms with Gasteiger partial charge in [0, 0.05) is 22.9 Å². The molecular formula is C26H25ClN12O. The minimum absolute atomic E-state index is 0.0148. The van der Waals surface area contributed by atoms with Gasteiger partial charge in [-0.15, -0.1) is 10.2 Å². The first kappa shape index (κ1) is 22.0. The molecule has 0 amide bonds. The summed E-state index contributed by atoms with van der Waals surface area (Å²) in [5, 5.41) is 15.6. The smallest absolute Gasteiger partial charge is 0.261 e. The molecule has 0 aliphatic rings. The van der Waals surface area contributed by atoms with E-state index in [1.165, 1.54) is 0 Å². The molecule has 14 heteroatoms. The summed E-state index contributed by atoms with van der Waals surface area (Å²) >= 11 is 6.19. The number of anilines is 2. The van der Waals surface area contributed by atoms with Crippen molar-refractivity contribution in [1.82, 2.24) is 49.1 Å². The Labute approximate surface area is 236 Å². The predicted molar refractivity (Wildman–Crippen MR) is 152 cm³/mol. The second-order valence-electron chi connectivity index (χ2n) is 9.43. The van der Waals surface area contributed by atoms with Crippen LogP contribution in [0.3, 0.4) is 0 Å². The van der Waals surface area contributed by atoms with Crippen LogP contribution in [0.5, 0.6) is 0 Å². The molecule has 0 saturated heterocycles. The fourth-order valence-electron chi connectivity index (χ4n) is 4.92. The van der Waals surface area contributed by atoms with Crippen molar-refractivity contribution in [3.63, 3.8) is 0 Å². The van der Waals surface area contributed by atoms with Gasteiger partial charge in [-0.05, 0) is 55.3 Å². The van der Waals surface area contributed by atoms with Crippen LogP contribution in [0.25, 0.3) is 39.3 Å². The quantitative estimate of drug-likeness (QED) is 0.300. The van der Waals surface area contributed by atoms with E-state index in [2.05, 4.69) is 40.7 Å². The third kappa shape index (κ3) is 4.11. The topological polar surface area (TPSA) is 160 Å². The van der Waals surface area contributed by atoms with Gasteiger partial charge in [-0.1, -0.05) is 17.7 Å². The van der Waals surface area contributed by atoms with Crippen molar-refractivity contribution < 1.29 is 4.11 Å². The van der Waals surface area contributed by atoms with Gasteiger partial charge >= 0.3 is 0 Å². The number of nitrogen functional groups attached to an aromatic ring is 1. The highest BCUT2D eigenvalue weighted by Gasteiger charge is 2.23. The van der Waals surface area contributed by atoms with E-state index in [4.69, 9.17) is 21.4 Å². The Bertz CT molecular complexity index is 2120. The van der Waals surface area contributed by atoms with Crippen LogP contribution in [-0.2, 0) is 14.0 Å². The SMILES string of the molecule is [2H]C([2H])([2H])n1nnc(-c2nc(Cl)ccc2NC(C)c2cc(C)cc3c(=O)n(C)c4c(-c5cnc(N)nc5C)ncn4c23)n1. The lowest BCUT2D eigenvalue weighted by molar-refractivity contribution is 0.630. The molecule has 202 valence electrons. The molecule has 0 aliphatic carbocycles. The Morgan fingerprint density at radius 3 is 2.73 bits per heavy atom. The molecule has 0 radical (unpaired) electrons. The zero-order valence-electron chi connectivity index (χ0n) is 24.9. The average Bonchev–Trinajstić information content (AvgIpc) is 3.61. The molecule has 0 spiro atoms. The number of hydrogen-bond donors (Lipinski definition) is 2. The Morgan fingerprint density at radius 2 is 1.98 bits per heavy atom. The number of halogens is 1. The Balaban J connectivity index is 1.52. The summed E-state index contributed by atoms with van der Waals surface area (Å²) in [5.41, 5.74) is 11.0. The van der Waals surface area contributed by atoms with Crippen molar-refractivity contribution in [2.45, 2.75) is 26.8 Å². The number of nitrogens with zero attached hydrogens (tertiary/aromatic N) is 10. The number of aryl methyl sites for hydroxylation is 4. The van der Waals surface area contributed by atoms with Gasteiger partial charge in [-0.25, -0.2) is 19.9 Å². The van der Waals surface area contributed by atoms with Gasteiger partial charge in [-0.2, -0.15) is 4.80 Å². The monoisotopic (exact) mass is 559 g/mol. The summed E-state index contributed by atoms with van der Waals surface area (Å²) < 4.78 is 26.1. The summed E-state index contributed by atoms with van der Waals surface area (Å²) in [4.78, 5) is 31.7. The largest absolute Gasteiger partial charge is 0.377 e. The third-order valence-corrected chi connectivity index (χ3v) is 6.91. The van der Waals surface area contributed by atoms with Gasteiger partial charge < -0.3 is 11.1 Å². The number of aromatic nitrogens is 10. The number of pyridine rings is 1. The molecular weight excluding hydrogens is 532 g/mol. The molecule has 6 rings (SSSR count). The Hall–Kier alpha value is -4.91. The maximum atomic E-state index is 13.8. The van der Waals surface area contributed by atoms with Crippen molar-refractivity contribution in [1.29, 1.82) is 0 Å². The van der Waals surface area contributed by atoms with Gasteiger partial charge in [0.25, 0.3) is 5.56 Å². The molecule has 0 saturated carbocycles. The van der Waals surface area contributed by atoms with Crippen molar-refractivity contribution in [3.05, 3.63) is 69.1 Å². The summed E-state index contributed by atoms with van der Waals surface area (Å²) in [7, 11) is 1.70. The summed E-state index contributed by atoms with van der Waals surface area (Å²) in [6, 6.07) is 6.72. The van der Waals surface area contributed by atoms with E-state index in [-0.39, 0.29) is 28.2 Å². The van der Waals surface area contributed by atoms with Crippen molar-refractivity contribution in [2.75, 3.05) is 11.1 Å². The fraction of sp³-hybridized carbons (Fsp3) is 0.231. The van der Waals surface area contributed by atoms with Gasteiger partial charge in [0.05, 0.1) is 35.3 Å². The molecule has 6 aromatic rings. The van der Waals surface area contributed by atoms with Crippen molar-refractivity contribution >= 4 is 39.8 Å². The first-order valence-electron chi connectivity index (χ1n) is 13.7. The normalized spacial score (nSPS) is 13.8. The molecule has 0 bridgehead atoms. The number of benzene rings is 1. The summed E-state index contributed by atoms with van der Waals surface area (Å²) in [6.45, 7) is 3.05. The van der Waals surface area contributed by atoms with Crippen LogP contribution >= 0.6 is 11.6 Å².